The summed E-state index contributed by atoms with van der Waals surface area (Å²) in [5.41, 5.74) is 1.92. The Morgan fingerprint density at radius 3 is 2.71 bits per heavy atom. The van der Waals surface area contributed by atoms with E-state index in [1.54, 1.807) is 0 Å². The first-order valence-corrected chi connectivity index (χ1v) is 8.09. The fourth-order valence-corrected chi connectivity index (χ4v) is 3.06. The zero-order valence-corrected chi connectivity index (χ0v) is 13.3. The third-order valence-corrected chi connectivity index (χ3v) is 4.18. The Labute approximate surface area is 139 Å². The number of benzene rings is 1. The number of likely N-dealkylation sites (tertiary alicyclic amines) is 1. The molecule has 1 atom stereocenters. The maximum Gasteiger partial charge on any atom is 0.401 e. The molecule has 0 unspecified atom stereocenters. The van der Waals surface area contributed by atoms with Crippen LogP contribution >= 0.6 is 0 Å². The molecule has 1 fully saturated rings. The minimum atomic E-state index is -4.10. The smallest absolute Gasteiger partial charge is 0.311 e. The van der Waals surface area contributed by atoms with E-state index in [4.69, 9.17) is 0 Å². The van der Waals surface area contributed by atoms with Crippen molar-refractivity contribution >= 4 is 0 Å². The number of para-hydroxylation sites is 1. The van der Waals surface area contributed by atoms with Crippen LogP contribution in [0.5, 0.6) is 0 Å². The summed E-state index contributed by atoms with van der Waals surface area (Å²) >= 11 is 0. The van der Waals surface area contributed by atoms with Crippen LogP contribution in [0.15, 0.2) is 42.6 Å². The predicted molar refractivity (Wildman–Crippen MR) is 85.9 cm³/mol. The van der Waals surface area contributed by atoms with E-state index >= 15 is 0 Å². The van der Waals surface area contributed by atoms with Crippen LogP contribution < -0.4 is 5.32 Å². The SMILES string of the molecule is FC(F)(F)CN1CC[C@H](CNCc2ccn(-c3ccccc3)n2)C1. The molecule has 130 valence electrons. The first-order chi connectivity index (χ1) is 11.5. The zero-order chi connectivity index (χ0) is 17.0. The van der Waals surface area contributed by atoms with E-state index < -0.39 is 12.7 Å². The molecule has 0 saturated carbocycles. The maximum atomic E-state index is 12.4. The first kappa shape index (κ1) is 17.0. The van der Waals surface area contributed by atoms with E-state index in [0.29, 0.717) is 26.2 Å². The fraction of sp³-hybridized carbons (Fsp3) is 0.471. The number of hydrogen-bond donors (Lipinski definition) is 1. The molecule has 24 heavy (non-hydrogen) atoms. The van der Waals surface area contributed by atoms with Crippen molar-refractivity contribution in [2.24, 2.45) is 5.92 Å². The van der Waals surface area contributed by atoms with Gasteiger partial charge in [-0.25, -0.2) is 4.68 Å². The highest BCUT2D eigenvalue weighted by molar-refractivity contribution is 5.30. The van der Waals surface area contributed by atoms with Gasteiger partial charge in [0, 0.05) is 19.3 Å². The van der Waals surface area contributed by atoms with Gasteiger partial charge in [-0.3, -0.25) is 4.90 Å². The molecule has 2 aromatic rings. The second-order valence-electron chi connectivity index (χ2n) is 6.22. The van der Waals surface area contributed by atoms with Gasteiger partial charge in [0.15, 0.2) is 0 Å². The van der Waals surface area contributed by atoms with Gasteiger partial charge in [-0.1, -0.05) is 18.2 Å². The van der Waals surface area contributed by atoms with Gasteiger partial charge in [-0.2, -0.15) is 18.3 Å². The molecule has 0 amide bonds. The Kier molecular flexibility index (Phi) is 5.20. The van der Waals surface area contributed by atoms with Gasteiger partial charge in [0.25, 0.3) is 0 Å². The highest BCUT2D eigenvalue weighted by Gasteiger charge is 2.34. The number of nitrogens with zero attached hydrogens (tertiary/aromatic N) is 3. The predicted octanol–water partition coefficient (Wildman–Crippen LogP) is 2.85. The molecule has 1 aliphatic heterocycles. The van der Waals surface area contributed by atoms with Crippen LogP contribution in [0.25, 0.3) is 5.69 Å². The first-order valence-electron chi connectivity index (χ1n) is 8.09. The van der Waals surface area contributed by atoms with Crippen molar-refractivity contribution in [1.29, 1.82) is 0 Å². The van der Waals surface area contributed by atoms with Crippen LogP contribution in [-0.4, -0.2) is 47.0 Å². The van der Waals surface area contributed by atoms with Crippen LogP contribution in [0.1, 0.15) is 12.1 Å². The lowest BCUT2D eigenvalue weighted by atomic mass is 10.1. The van der Waals surface area contributed by atoms with Crippen molar-refractivity contribution in [2.75, 3.05) is 26.2 Å². The molecule has 1 aliphatic rings. The Morgan fingerprint density at radius 1 is 1.17 bits per heavy atom. The number of aromatic nitrogens is 2. The lowest BCUT2D eigenvalue weighted by molar-refractivity contribution is -0.143. The largest absolute Gasteiger partial charge is 0.401 e. The molecule has 1 N–H and O–H groups in total. The van der Waals surface area contributed by atoms with Crippen molar-refractivity contribution in [3.63, 3.8) is 0 Å². The Bertz CT molecular complexity index is 639. The second kappa shape index (κ2) is 7.36. The van der Waals surface area contributed by atoms with Gasteiger partial charge in [-0.05, 0) is 43.6 Å². The number of halogens is 3. The van der Waals surface area contributed by atoms with Crippen molar-refractivity contribution in [2.45, 2.75) is 19.1 Å². The van der Waals surface area contributed by atoms with E-state index in [9.17, 15) is 13.2 Å². The summed E-state index contributed by atoms with van der Waals surface area (Å²) in [6.45, 7) is 1.56. The summed E-state index contributed by atoms with van der Waals surface area (Å²) in [5.74, 6) is 0.267. The van der Waals surface area contributed by atoms with Gasteiger partial charge in [0.2, 0.25) is 0 Å². The molecule has 0 bridgehead atoms. The summed E-state index contributed by atoms with van der Waals surface area (Å²) in [5, 5.41) is 7.81. The Hall–Kier alpha value is -1.86. The van der Waals surface area contributed by atoms with Gasteiger partial charge in [0.05, 0.1) is 17.9 Å². The van der Waals surface area contributed by atoms with E-state index in [1.807, 2.05) is 47.3 Å². The Morgan fingerprint density at radius 2 is 1.96 bits per heavy atom. The number of nitrogens with one attached hydrogen (secondary N) is 1. The second-order valence-corrected chi connectivity index (χ2v) is 6.22. The average molecular weight is 338 g/mol. The van der Waals surface area contributed by atoms with Crippen LogP contribution in [-0.2, 0) is 6.54 Å². The number of hydrogen-bond acceptors (Lipinski definition) is 3. The van der Waals surface area contributed by atoms with Crippen LogP contribution in [0.3, 0.4) is 0 Å². The topological polar surface area (TPSA) is 33.1 Å². The maximum absolute atomic E-state index is 12.4. The molecular weight excluding hydrogens is 317 g/mol. The summed E-state index contributed by atoms with van der Waals surface area (Å²) in [4.78, 5) is 1.48. The average Bonchev–Trinajstić information content (AvgIpc) is 3.16. The minimum Gasteiger partial charge on any atom is -0.311 e. The lowest BCUT2D eigenvalue weighted by Crippen LogP contribution is -2.33. The summed E-state index contributed by atoms with van der Waals surface area (Å²) in [6, 6.07) is 11.8. The van der Waals surface area contributed by atoms with Crippen molar-refractivity contribution in [1.82, 2.24) is 20.0 Å². The molecule has 7 heteroatoms. The lowest BCUT2D eigenvalue weighted by Gasteiger charge is -2.17. The number of alkyl halides is 3. The molecule has 0 spiro atoms. The minimum absolute atomic E-state index is 0.267. The van der Waals surface area contributed by atoms with Crippen molar-refractivity contribution < 1.29 is 13.2 Å². The highest BCUT2D eigenvalue weighted by Crippen LogP contribution is 2.22. The summed E-state index contributed by atoms with van der Waals surface area (Å²) in [6.07, 6.45) is -1.39. The Balaban J connectivity index is 1.42. The molecule has 1 aromatic heterocycles. The van der Waals surface area contributed by atoms with E-state index in [-0.39, 0.29) is 5.92 Å². The normalized spacial score (nSPS) is 19.0. The molecule has 1 aromatic carbocycles. The third kappa shape index (κ3) is 4.82. The van der Waals surface area contributed by atoms with Gasteiger partial charge in [0.1, 0.15) is 0 Å². The molecule has 1 saturated heterocycles. The quantitative estimate of drug-likeness (QED) is 0.879. The monoisotopic (exact) mass is 338 g/mol. The van der Waals surface area contributed by atoms with Crippen molar-refractivity contribution in [3.05, 3.63) is 48.3 Å². The standard InChI is InChI=1S/C17H21F3N4/c18-17(19,20)13-23-8-6-14(12-23)10-21-11-15-7-9-24(22-15)16-4-2-1-3-5-16/h1-5,7,9,14,21H,6,8,10-13H2/t14-/m1/s1. The van der Waals surface area contributed by atoms with Gasteiger partial charge < -0.3 is 5.32 Å². The third-order valence-electron chi connectivity index (χ3n) is 4.18. The molecule has 0 aliphatic carbocycles. The zero-order valence-electron chi connectivity index (χ0n) is 13.3. The van der Waals surface area contributed by atoms with E-state index in [2.05, 4.69) is 10.4 Å². The molecule has 0 radical (unpaired) electrons. The fourth-order valence-electron chi connectivity index (χ4n) is 3.06. The highest BCUT2D eigenvalue weighted by atomic mass is 19.4. The van der Waals surface area contributed by atoms with E-state index in [0.717, 1.165) is 17.8 Å². The summed E-state index contributed by atoms with van der Waals surface area (Å²) in [7, 11) is 0. The van der Waals surface area contributed by atoms with Crippen LogP contribution in [0, 0.1) is 5.92 Å². The van der Waals surface area contributed by atoms with E-state index in [1.165, 1.54) is 4.90 Å². The molecular formula is C17H21F3N4. The molecule has 2 heterocycles. The molecule has 4 nitrogen and oxygen atoms in total. The van der Waals surface area contributed by atoms with Gasteiger partial charge in [-0.15, -0.1) is 0 Å². The van der Waals surface area contributed by atoms with Crippen molar-refractivity contribution in [3.8, 4) is 5.69 Å². The number of rotatable bonds is 6. The summed E-state index contributed by atoms with van der Waals surface area (Å²) < 4.78 is 39.0. The van der Waals surface area contributed by atoms with Crippen LogP contribution in [0.2, 0.25) is 0 Å². The van der Waals surface area contributed by atoms with Crippen LogP contribution in [0.4, 0.5) is 13.2 Å². The molecule has 3 rings (SSSR count). The van der Waals surface area contributed by atoms with Gasteiger partial charge >= 0.3 is 6.18 Å².